The number of benzene rings is 1. The smallest absolute Gasteiger partial charge is 0.128 e. The molecule has 1 aliphatic rings. The van der Waals surface area contributed by atoms with E-state index in [0.717, 1.165) is 25.5 Å². The molecule has 2 aromatic rings. The van der Waals surface area contributed by atoms with Crippen LogP contribution in [0.1, 0.15) is 24.4 Å². The van der Waals surface area contributed by atoms with Gasteiger partial charge in [-0.3, -0.25) is 4.68 Å². The van der Waals surface area contributed by atoms with Gasteiger partial charge in [-0.05, 0) is 43.2 Å². The molecule has 1 saturated heterocycles. The monoisotopic (exact) mass is 248 g/mol. The van der Waals surface area contributed by atoms with Crippen LogP contribution in [0.2, 0.25) is 0 Å². The number of hydrogen-bond acceptors (Lipinski definition) is 1. The first-order valence-corrected chi connectivity index (χ1v) is 6.10. The van der Waals surface area contributed by atoms with Crippen molar-refractivity contribution in [2.45, 2.75) is 18.9 Å². The highest BCUT2D eigenvalue weighted by Crippen LogP contribution is 2.32. The standard InChI is InChI=1S/C14H14F2N2/c15-11-5-6-13(16)12(10-11)14-4-3-9-18(14)17-7-1-2-8-17/h1-2,5-8,10,14H,3-4,9H2. The van der Waals surface area contributed by atoms with Crippen molar-refractivity contribution in [1.29, 1.82) is 0 Å². The van der Waals surface area contributed by atoms with Gasteiger partial charge in [-0.2, -0.15) is 0 Å². The van der Waals surface area contributed by atoms with Crippen LogP contribution in [0, 0.1) is 11.6 Å². The van der Waals surface area contributed by atoms with Crippen LogP contribution < -0.4 is 5.01 Å². The molecule has 94 valence electrons. The van der Waals surface area contributed by atoms with Crippen molar-refractivity contribution in [3.05, 3.63) is 59.9 Å². The number of hydrogen-bond donors (Lipinski definition) is 0. The Morgan fingerprint density at radius 3 is 2.67 bits per heavy atom. The predicted molar refractivity (Wildman–Crippen MR) is 65.8 cm³/mol. The second-order valence-corrected chi connectivity index (χ2v) is 4.55. The number of halogens is 2. The minimum Gasteiger partial charge on any atom is -0.306 e. The highest BCUT2D eigenvalue weighted by atomic mass is 19.1. The van der Waals surface area contributed by atoms with Crippen molar-refractivity contribution >= 4 is 0 Å². The predicted octanol–water partition coefficient (Wildman–Crippen LogP) is 3.24. The lowest BCUT2D eigenvalue weighted by molar-refractivity contribution is 0.516. The third kappa shape index (κ3) is 1.88. The van der Waals surface area contributed by atoms with Crippen molar-refractivity contribution < 1.29 is 8.78 Å². The van der Waals surface area contributed by atoms with E-state index in [2.05, 4.69) is 5.01 Å². The molecule has 0 radical (unpaired) electrons. The lowest BCUT2D eigenvalue weighted by atomic mass is 10.0. The Kier molecular flexibility index (Phi) is 2.78. The summed E-state index contributed by atoms with van der Waals surface area (Å²) in [5.74, 6) is -0.716. The molecule has 0 aliphatic carbocycles. The van der Waals surface area contributed by atoms with Crippen molar-refractivity contribution in [3.8, 4) is 0 Å². The summed E-state index contributed by atoms with van der Waals surface area (Å²) < 4.78 is 29.1. The molecule has 0 N–H and O–H groups in total. The molecule has 4 heteroatoms. The van der Waals surface area contributed by atoms with E-state index in [0.29, 0.717) is 5.56 Å². The minimum atomic E-state index is -0.384. The van der Waals surface area contributed by atoms with Gasteiger partial charge in [0.15, 0.2) is 0 Å². The fourth-order valence-electron chi connectivity index (χ4n) is 2.61. The first-order chi connectivity index (χ1) is 8.75. The Hall–Kier alpha value is -1.84. The lowest BCUT2D eigenvalue weighted by Crippen LogP contribution is -2.33. The van der Waals surface area contributed by atoms with Crippen LogP contribution in [0.15, 0.2) is 42.7 Å². The molecule has 18 heavy (non-hydrogen) atoms. The number of rotatable bonds is 2. The third-order valence-corrected chi connectivity index (χ3v) is 3.43. The highest BCUT2D eigenvalue weighted by molar-refractivity contribution is 5.27. The Bertz CT molecular complexity index is 537. The van der Waals surface area contributed by atoms with Crippen LogP contribution >= 0.6 is 0 Å². The van der Waals surface area contributed by atoms with Gasteiger partial charge < -0.3 is 5.01 Å². The molecule has 1 fully saturated rings. The third-order valence-electron chi connectivity index (χ3n) is 3.43. The van der Waals surface area contributed by atoms with E-state index in [-0.39, 0.29) is 17.7 Å². The molecular formula is C14H14F2N2. The normalized spacial score (nSPS) is 19.4. The maximum absolute atomic E-state index is 13.8. The zero-order valence-electron chi connectivity index (χ0n) is 9.89. The van der Waals surface area contributed by atoms with Crippen LogP contribution in [0.4, 0.5) is 8.78 Å². The van der Waals surface area contributed by atoms with Crippen molar-refractivity contribution in [2.75, 3.05) is 11.6 Å². The first kappa shape index (κ1) is 11.3. The van der Waals surface area contributed by atoms with Gasteiger partial charge in [0.1, 0.15) is 11.6 Å². The average Bonchev–Trinajstić information content (AvgIpc) is 3.00. The van der Waals surface area contributed by atoms with Crippen LogP contribution in [-0.4, -0.2) is 11.2 Å². The molecule has 1 unspecified atom stereocenters. The van der Waals surface area contributed by atoms with E-state index in [1.165, 1.54) is 12.1 Å². The molecule has 1 atom stereocenters. The summed E-state index contributed by atoms with van der Waals surface area (Å²) in [5.41, 5.74) is 0.446. The average molecular weight is 248 g/mol. The SMILES string of the molecule is Fc1ccc(F)c(C2CCCN2n2cccc2)c1. The summed E-state index contributed by atoms with van der Waals surface area (Å²) in [4.78, 5) is 0. The Morgan fingerprint density at radius 1 is 1.11 bits per heavy atom. The van der Waals surface area contributed by atoms with Crippen LogP contribution in [-0.2, 0) is 0 Å². The first-order valence-electron chi connectivity index (χ1n) is 6.10. The maximum atomic E-state index is 13.8. The van der Waals surface area contributed by atoms with Gasteiger partial charge in [0.05, 0.1) is 6.04 Å². The zero-order valence-corrected chi connectivity index (χ0v) is 9.89. The van der Waals surface area contributed by atoms with Gasteiger partial charge in [-0.1, -0.05) is 0 Å². The van der Waals surface area contributed by atoms with Crippen molar-refractivity contribution in [1.82, 2.24) is 4.68 Å². The highest BCUT2D eigenvalue weighted by Gasteiger charge is 2.28. The van der Waals surface area contributed by atoms with E-state index in [4.69, 9.17) is 0 Å². The topological polar surface area (TPSA) is 8.17 Å². The fourth-order valence-corrected chi connectivity index (χ4v) is 2.61. The molecule has 0 amide bonds. The van der Waals surface area contributed by atoms with Gasteiger partial charge in [0.25, 0.3) is 0 Å². The van der Waals surface area contributed by atoms with E-state index in [1.54, 1.807) is 0 Å². The zero-order chi connectivity index (χ0) is 12.5. The van der Waals surface area contributed by atoms with E-state index in [9.17, 15) is 8.78 Å². The molecule has 0 spiro atoms. The molecule has 1 aromatic carbocycles. The summed E-state index contributed by atoms with van der Waals surface area (Å²) in [6, 6.07) is 7.44. The molecule has 2 heterocycles. The van der Waals surface area contributed by atoms with E-state index >= 15 is 0 Å². The van der Waals surface area contributed by atoms with Crippen LogP contribution in [0.3, 0.4) is 0 Å². The quantitative estimate of drug-likeness (QED) is 0.792. The largest absolute Gasteiger partial charge is 0.306 e. The molecule has 1 aliphatic heterocycles. The maximum Gasteiger partial charge on any atom is 0.128 e. The van der Waals surface area contributed by atoms with E-state index < -0.39 is 0 Å². The van der Waals surface area contributed by atoms with Gasteiger partial charge in [0.2, 0.25) is 0 Å². The summed E-state index contributed by atoms with van der Waals surface area (Å²) in [6.45, 7) is 0.856. The summed E-state index contributed by atoms with van der Waals surface area (Å²) in [6.07, 6.45) is 5.68. The summed E-state index contributed by atoms with van der Waals surface area (Å²) in [7, 11) is 0. The van der Waals surface area contributed by atoms with E-state index in [1.807, 2.05) is 29.2 Å². The molecule has 3 rings (SSSR count). The fraction of sp³-hybridized carbons (Fsp3) is 0.286. The lowest BCUT2D eigenvalue weighted by Gasteiger charge is -2.28. The van der Waals surface area contributed by atoms with Crippen molar-refractivity contribution in [3.63, 3.8) is 0 Å². The van der Waals surface area contributed by atoms with Gasteiger partial charge in [-0.15, -0.1) is 0 Å². The molecule has 2 nitrogen and oxygen atoms in total. The Balaban J connectivity index is 1.97. The molecule has 0 saturated carbocycles. The number of nitrogens with zero attached hydrogens (tertiary/aromatic N) is 2. The van der Waals surface area contributed by atoms with Crippen LogP contribution in [0.25, 0.3) is 0 Å². The Labute approximate surface area is 104 Å². The minimum absolute atomic E-state index is 0.0897. The molecular weight excluding hydrogens is 234 g/mol. The summed E-state index contributed by atoms with van der Waals surface area (Å²) >= 11 is 0. The van der Waals surface area contributed by atoms with Gasteiger partial charge in [0, 0.05) is 24.5 Å². The number of aromatic nitrogens is 1. The molecule has 1 aromatic heterocycles. The van der Waals surface area contributed by atoms with Gasteiger partial charge in [-0.25, -0.2) is 8.78 Å². The Morgan fingerprint density at radius 2 is 1.89 bits per heavy atom. The summed E-state index contributed by atoms with van der Waals surface area (Å²) in [5, 5.41) is 2.07. The second-order valence-electron chi connectivity index (χ2n) is 4.55. The molecule has 0 bridgehead atoms. The van der Waals surface area contributed by atoms with Crippen molar-refractivity contribution in [2.24, 2.45) is 0 Å². The second kappa shape index (κ2) is 4.44. The van der Waals surface area contributed by atoms with Gasteiger partial charge >= 0.3 is 0 Å². The van der Waals surface area contributed by atoms with Crippen LogP contribution in [0.5, 0.6) is 0 Å².